The van der Waals surface area contributed by atoms with Crippen molar-refractivity contribution in [1.29, 1.82) is 0 Å². The van der Waals surface area contributed by atoms with E-state index in [1.807, 2.05) is 37.3 Å². The van der Waals surface area contributed by atoms with Crippen molar-refractivity contribution in [1.82, 2.24) is 5.32 Å². The van der Waals surface area contributed by atoms with Gasteiger partial charge in [0.15, 0.2) is 0 Å². The highest BCUT2D eigenvalue weighted by atomic mass is 19.1. The minimum atomic E-state index is -1.31. The molecule has 2 unspecified atom stereocenters. The summed E-state index contributed by atoms with van der Waals surface area (Å²) in [6.45, 7) is 3.25. The van der Waals surface area contributed by atoms with E-state index in [0.717, 1.165) is 12.1 Å². The van der Waals surface area contributed by atoms with Crippen LogP contribution >= 0.6 is 0 Å². The Balaban J connectivity index is 2.04. The maximum Gasteiger partial charge on any atom is 0.123 e. The Morgan fingerprint density at radius 2 is 2.04 bits per heavy atom. The first-order chi connectivity index (χ1) is 12.0. The van der Waals surface area contributed by atoms with E-state index in [4.69, 9.17) is 9.47 Å². The molecule has 1 aliphatic heterocycles. The lowest BCUT2D eigenvalue weighted by Crippen LogP contribution is -2.57. The highest BCUT2D eigenvalue weighted by Crippen LogP contribution is 2.36. The quantitative estimate of drug-likeness (QED) is 0.875. The highest BCUT2D eigenvalue weighted by Gasteiger charge is 2.44. The van der Waals surface area contributed by atoms with Gasteiger partial charge < -0.3 is 19.9 Å². The summed E-state index contributed by atoms with van der Waals surface area (Å²) in [6.07, 6.45) is -0.272. The van der Waals surface area contributed by atoms with Gasteiger partial charge in [-0.05, 0) is 30.7 Å². The number of methoxy groups -OCH3 is 1. The van der Waals surface area contributed by atoms with E-state index in [1.165, 1.54) is 12.1 Å². The Morgan fingerprint density at radius 3 is 2.72 bits per heavy atom. The van der Waals surface area contributed by atoms with Crippen molar-refractivity contribution in [3.05, 3.63) is 65.5 Å². The monoisotopic (exact) mass is 345 g/mol. The Kier molecular flexibility index (Phi) is 5.37. The molecule has 25 heavy (non-hydrogen) atoms. The van der Waals surface area contributed by atoms with Crippen LogP contribution in [-0.2, 0) is 16.8 Å². The van der Waals surface area contributed by atoms with Crippen LogP contribution in [0.1, 0.15) is 18.1 Å². The first-order valence-corrected chi connectivity index (χ1v) is 8.50. The lowest BCUT2D eigenvalue weighted by atomic mass is 9.79. The van der Waals surface area contributed by atoms with Crippen LogP contribution in [0.15, 0.2) is 48.5 Å². The molecule has 1 saturated heterocycles. The Hall–Kier alpha value is -1.95. The standard InChI is InChI=1S/C20H24FNO3/c1-14-19(25-11-10-22-14)20(23,16-6-4-3-5-7-16)13-15-12-17(21)8-9-18(15)24-2/h3-9,12,14,19,22-23H,10-11,13H2,1-2H3/t14?,19-,20?/m0/s1. The van der Waals surface area contributed by atoms with Gasteiger partial charge in [0.05, 0.1) is 13.7 Å². The SMILES string of the molecule is COc1ccc(F)cc1CC(O)(c1ccccc1)[C@H]1OCCNC1C. The molecule has 2 N–H and O–H groups in total. The van der Waals surface area contributed by atoms with Gasteiger partial charge in [0.25, 0.3) is 0 Å². The second-order valence-corrected chi connectivity index (χ2v) is 6.46. The van der Waals surface area contributed by atoms with Gasteiger partial charge in [0.1, 0.15) is 23.3 Å². The minimum Gasteiger partial charge on any atom is -0.496 e. The molecule has 0 aliphatic carbocycles. The Labute approximate surface area is 147 Å². The molecule has 2 aromatic rings. The molecule has 0 bridgehead atoms. The largest absolute Gasteiger partial charge is 0.496 e. The Bertz CT molecular complexity index is 709. The fourth-order valence-corrected chi connectivity index (χ4v) is 3.54. The number of aliphatic hydroxyl groups is 1. The lowest BCUT2D eigenvalue weighted by molar-refractivity contribution is -0.141. The Morgan fingerprint density at radius 1 is 1.28 bits per heavy atom. The van der Waals surface area contributed by atoms with E-state index < -0.39 is 11.7 Å². The molecule has 134 valence electrons. The van der Waals surface area contributed by atoms with Crippen LogP contribution in [0.3, 0.4) is 0 Å². The molecule has 2 aromatic carbocycles. The second-order valence-electron chi connectivity index (χ2n) is 6.46. The van der Waals surface area contributed by atoms with Crippen molar-refractivity contribution in [3.63, 3.8) is 0 Å². The molecule has 1 fully saturated rings. The molecular weight excluding hydrogens is 321 g/mol. The number of rotatable bonds is 5. The van der Waals surface area contributed by atoms with Crippen molar-refractivity contribution < 1.29 is 19.0 Å². The first kappa shape index (κ1) is 17.9. The molecule has 3 rings (SSSR count). The van der Waals surface area contributed by atoms with Gasteiger partial charge >= 0.3 is 0 Å². The number of ether oxygens (including phenoxy) is 2. The van der Waals surface area contributed by atoms with E-state index >= 15 is 0 Å². The van der Waals surface area contributed by atoms with Crippen molar-refractivity contribution in [2.75, 3.05) is 20.3 Å². The maximum absolute atomic E-state index is 13.8. The normalized spacial score (nSPS) is 23.0. The van der Waals surface area contributed by atoms with Gasteiger partial charge in [-0.2, -0.15) is 0 Å². The zero-order valence-electron chi connectivity index (χ0n) is 14.5. The van der Waals surface area contributed by atoms with E-state index in [9.17, 15) is 9.50 Å². The van der Waals surface area contributed by atoms with Crippen molar-refractivity contribution >= 4 is 0 Å². The smallest absolute Gasteiger partial charge is 0.123 e. The van der Waals surface area contributed by atoms with Crippen LogP contribution in [0.4, 0.5) is 4.39 Å². The molecule has 0 radical (unpaired) electrons. The number of nitrogens with one attached hydrogen (secondary N) is 1. The zero-order valence-corrected chi connectivity index (χ0v) is 14.5. The molecule has 4 nitrogen and oxygen atoms in total. The van der Waals surface area contributed by atoms with E-state index in [0.29, 0.717) is 17.9 Å². The average Bonchev–Trinajstić information content (AvgIpc) is 2.63. The summed E-state index contributed by atoms with van der Waals surface area (Å²) in [5.74, 6) is 0.189. The summed E-state index contributed by atoms with van der Waals surface area (Å²) in [4.78, 5) is 0. The van der Waals surface area contributed by atoms with Gasteiger partial charge in [0, 0.05) is 24.6 Å². The fourth-order valence-electron chi connectivity index (χ4n) is 3.54. The third kappa shape index (κ3) is 3.68. The van der Waals surface area contributed by atoms with Crippen LogP contribution in [0, 0.1) is 5.82 Å². The van der Waals surface area contributed by atoms with Crippen LogP contribution in [-0.4, -0.2) is 37.5 Å². The summed E-state index contributed by atoms with van der Waals surface area (Å²) in [6, 6.07) is 13.7. The zero-order chi connectivity index (χ0) is 17.9. The van der Waals surface area contributed by atoms with E-state index in [1.54, 1.807) is 13.2 Å². The second kappa shape index (κ2) is 7.52. The van der Waals surface area contributed by atoms with Gasteiger partial charge in [-0.25, -0.2) is 4.39 Å². The molecule has 0 saturated carbocycles. The summed E-state index contributed by atoms with van der Waals surface area (Å²) < 4.78 is 25.1. The lowest BCUT2D eigenvalue weighted by Gasteiger charge is -2.42. The topological polar surface area (TPSA) is 50.7 Å². The van der Waals surface area contributed by atoms with Gasteiger partial charge in [-0.15, -0.1) is 0 Å². The fraction of sp³-hybridized carbons (Fsp3) is 0.400. The summed E-state index contributed by atoms with van der Waals surface area (Å²) in [5, 5.41) is 15.0. The van der Waals surface area contributed by atoms with Crippen LogP contribution < -0.4 is 10.1 Å². The van der Waals surface area contributed by atoms with Crippen molar-refractivity contribution in [3.8, 4) is 5.75 Å². The van der Waals surface area contributed by atoms with Crippen LogP contribution in [0.2, 0.25) is 0 Å². The molecule has 1 aliphatic rings. The summed E-state index contributed by atoms with van der Waals surface area (Å²) >= 11 is 0. The molecule has 5 heteroatoms. The molecule has 0 amide bonds. The number of hydrogen-bond acceptors (Lipinski definition) is 4. The van der Waals surface area contributed by atoms with E-state index in [2.05, 4.69) is 5.32 Å². The summed E-state index contributed by atoms with van der Waals surface area (Å²) in [5.41, 5.74) is 0.0342. The third-order valence-electron chi connectivity index (χ3n) is 4.77. The first-order valence-electron chi connectivity index (χ1n) is 8.50. The van der Waals surface area contributed by atoms with Crippen LogP contribution in [0.5, 0.6) is 5.75 Å². The minimum absolute atomic E-state index is 0.0430. The van der Waals surface area contributed by atoms with Crippen molar-refractivity contribution in [2.45, 2.75) is 31.1 Å². The predicted octanol–water partition coefficient (Wildman–Crippen LogP) is 2.64. The van der Waals surface area contributed by atoms with Crippen molar-refractivity contribution in [2.24, 2.45) is 0 Å². The summed E-state index contributed by atoms with van der Waals surface area (Å²) in [7, 11) is 1.54. The van der Waals surface area contributed by atoms with Gasteiger partial charge in [-0.3, -0.25) is 0 Å². The molecule has 3 atom stereocenters. The predicted molar refractivity (Wildman–Crippen MR) is 94.2 cm³/mol. The number of morpholine rings is 1. The van der Waals surface area contributed by atoms with E-state index in [-0.39, 0.29) is 18.3 Å². The van der Waals surface area contributed by atoms with Crippen LogP contribution in [0.25, 0.3) is 0 Å². The molecule has 1 heterocycles. The maximum atomic E-state index is 13.8. The number of hydrogen-bond donors (Lipinski definition) is 2. The molecule has 0 aromatic heterocycles. The molecule has 0 spiro atoms. The van der Waals surface area contributed by atoms with Gasteiger partial charge in [-0.1, -0.05) is 30.3 Å². The number of halogens is 1. The number of benzene rings is 2. The molecular formula is C20H24FNO3. The highest BCUT2D eigenvalue weighted by molar-refractivity contribution is 5.38. The van der Waals surface area contributed by atoms with Gasteiger partial charge in [0.2, 0.25) is 0 Å². The third-order valence-corrected chi connectivity index (χ3v) is 4.77. The average molecular weight is 345 g/mol.